The van der Waals surface area contributed by atoms with E-state index in [1.807, 2.05) is 85.8 Å². The first kappa shape index (κ1) is 27.6. The van der Waals surface area contributed by atoms with Gasteiger partial charge in [0.25, 0.3) is 0 Å². The van der Waals surface area contributed by atoms with Crippen LogP contribution in [0.5, 0.6) is 0 Å². The molecule has 0 fully saturated rings. The molecule has 0 saturated carbocycles. The second-order valence-electron chi connectivity index (χ2n) is 11.4. The Balaban J connectivity index is 1.26. The Hall–Kier alpha value is -5.57. The van der Waals surface area contributed by atoms with Gasteiger partial charge in [0.15, 0.2) is 0 Å². The molecular weight excluding hydrogens is 536 g/mol. The molecule has 6 aromatic rings. The summed E-state index contributed by atoms with van der Waals surface area (Å²) in [6.45, 7) is 8.34. The fourth-order valence-electron chi connectivity index (χ4n) is 4.75. The molecule has 6 rings (SSSR count). The molecule has 0 atom stereocenters. The van der Waals surface area contributed by atoms with E-state index in [0.29, 0.717) is 17.5 Å². The number of hydrogen-bond donors (Lipinski definition) is 3. The second-order valence-corrected chi connectivity index (χ2v) is 11.4. The third kappa shape index (κ3) is 6.06. The van der Waals surface area contributed by atoms with Gasteiger partial charge in [-0.2, -0.15) is 5.10 Å². The van der Waals surface area contributed by atoms with Crippen molar-refractivity contribution in [2.75, 3.05) is 16.0 Å². The third-order valence-corrected chi connectivity index (χ3v) is 7.05. The van der Waals surface area contributed by atoms with Crippen LogP contribution in [0.2, 0.25) is 0 Å². The van der Waals surface area contributed by atoms with Gasteiger partial charge in [-0.1, -0.05) is 68.8 Å². The Labute approximate surface area is 250 Å². The van der Waals surface area contributed by atoms with Crippen molar-refractivity contribution in [3.8, 4) is 16.8 Å². The summed E-state index contributed by atoms with van der Waals surface area (Å²) in [7, 11) is 0. The highest BCUT2D eigenvalue weighted by Gasteiger charge is 2.22. The standard InChI is InChI=1S/C34H32N8O/c1-22-11-13-25(14-12-22)42-31(18-30(41-42)34(2,3)4)40-33(43)39-29-16-15-26(27-9-5-6-10-28(27)29)23-19-36-32(37-20-23)38-24-8-7-17-35-21-24/h5-21H,1-4H3,(H,36,37,38)(H2,39,40,43). The summed E-state index contributed by atoms with van der Waals surface area (Å²) in [5.41, 5.74) is 6.03. The van der Waals surface area contributed by atoms with E-state index in [9.17, 15) is 4.79 Å². The Morgan fingerprint density at radius 1 is 0.814 bits per heavy atom. The van der Waals surface area contributed by atoms with Gasteiger partial charge in [0.2, 0.25) is 5.95 Å². The van der Waals surface area contributed by atoms with Gasteiger partial charge in [0.1, 0.15) is 5.82 Å². The molecule has 0 saturated heterocycles. The van der Waals surface area contributed by atoms with E-state index >= 15 is 0 Å². The quantitative estimate of drug-likeness (QED) is 0.189. The number of nitrogens with zero attached hydrogens (tertiary/aromatic N) is 5. The molecule has 0 aliphatic carbocycles. The van der Waals surface area contributed by atoms with Crippen molar-refractivity contribution in [1.29, 1.82) is 0 Å². The maximum absolute atomic E-state index is 13.4. The summed E-state index contributed by atoms with van der Waals surface area (Å²) >= 11 is 0. The number of benzene rings is 3. The molecule has 3 heterocycles. The average Bonchev–Trinajstić information content (AvgIpc) is 3.43. The number of carbonyl (C=O) groups excluding carboxylic acids is 1. The Morgan fingerprint density at radius 2 is 1.56 bits per heavy atom. The SMILES string of the molecule is Cc1ccc(-n2nc(C(C)(C)C)cc2NC(=O)Nc2ccc(-c3cnc(Nc4cccnc4)nc3)c3ccccc23)cc1. The lowest BCUT2D eigenvalue weighted by atomic mass is 9.92. The molecule has 43 heavy (non-hydrogen) atoms. The van der Waals surface area contributed by atoms with Gasteiger partial charge in [-0.15, -0.1) is 0 Å². The summed E-state index contributed by atoms with van der Waals surface area (Å²) in [5.74, 6) is 1.07. The first-order valence-electron chi connectivity index (χ1n) is 14.0. The van der Waals surface area contributed by atoms with Crippen molar-refractivity contribution in [2.45, 2.75) is 33.1 Å². The second kappa shape index (κ2) is 11.4. The highest BCUT2D eigenvalue weighted by Crippen LogP contribution is 2.33. The summed E-state index contributed by atoms with van der Waals surface area (Å²) in [4.78, 5) is 26.5. The smallest absolute Gasteiger partial charge is 0.323 e. The number of pyridine rings is 1. The minimum Gasteiger partial charge on any atom is -0.323 e. The van der Waals surface area contributed by atoms with Gasteiger partial charge < -0.3 is 10.6 Å². The van der Waals surface area contributed by atoms with Crippen LogP contribution in [0.4, 0.5) is 27.9 Å². The molecule has 0 aliphatic heterocycles. The fourth-order valence-corrected chi connectivity index (χ4v) is 4.75. The van der Waals surface area contributed by atoms with E-state index in [0.717, 1.165) is 44.5 Å². The number of nitrogens with one attached hydrogen (secondary N) is 3. The molecule has 214 valence electrons. The maximum Gasteiger partial charge on any atom is 0.324 e. The minimum atomic E-state index is -0.360. The summed E-state index contributed by atoms with van der Waals surface area (Å²) in [5, 5.41) is 15.9. The molecule has 3 aromatic carbocycles. The largest absolute Gasteiger partial charge is 0.324 e. The summed E-state index contributed by atoms with van der Waals surface area (Å²) in [6, 6.07) is 25.2. The molecule has 0 unspecified atom stereocenters. The first-order chi connectivity index (χ1) is 20.7. The Kier molecular flexibility index (Phi) is 7.29. The molecule has 3 aromatic heterocycles. The van der Waals surface area contributed by atoms with Crippen molar-refractivity contribution in [3.63, 3.8) is 0 Å². The lowest BCUT2D eigenvalue weighted by Crippen LogP contribution is -2.21. The van der Waals surface area contributed by atoms with E-state index in [4.69, 9.17) is 5.10 Å². The van der Waals surface area contributed by atoms with Crippen molar-refractivity contribution in [1.82, 2.24) is 24.7 Å². The Bertz CT molecular complexity index is 1890. The Morgan fingerprint density at radius 3 is 2.26 bits per heavy atom. The molecule has 0 spiro atoms. The van der Waals surface area contributed by atoms with E-state index in [-0.39, 0.29) is 11.4 Å². The van der Waals surface area contributed by atoms with Gasteiger partial charge in [-0.3, -0.25) is 10.3 Å². The zero-order valence-corrected chi connectivity index (χ0v) is 24.5. The van der Waals surface area contributed by atoms with Gasteiger partial charge in [0.05, 0.1) is 29.0 Å². The number of amides is 2. The first-order valence-corrected chi connectivity index (χ1v) is 14.0. The summed E-state index contributed by atoms with van der Waals surface area (Å²) < 4.78 is 1.77. The molecule has 0 bridgehead atoms. The number of carbonyl (C=O) groups is 1. The van der Waals surface area contributed by atoms with Crippen molar-refractivity contribution in [2.24, 2.45) is 0 Å². The molecule has 0 aliphatic rings. The van der Waals surface area contributed by atoms with Crippen LogP contribution in [0.3, 0.4) is 0 Å². The molecule has 0 radical (unpaired) electrons. The maximum atomic E-state index is 13.4. The fraction of sp³-hybridized carbons (Fsp3) is 0.147. The highest BCUT2D eigenvalue weighted by atomic mass is 16.2. The number of hydrogen-bond acceptors (Lipinski definition) is 6. The van der Waals surface area contributed by atoms with Gasteiger partial charge in [0, 0.05) is 41.0 Å². The third-order valence-electron chi connectivity index (χ3n) is 7.05. The number of urea groups is 1. The van der Waals surface area contributed by atoms with Gasteiger partial charge >= 0.3 is 6.03 Å². The monoisotopic (exact) mass is 568 g/mol. The van der Waals surface area contributed by atoms with Crippen molar-refractivity contribution >= 4 is 39.9 Å². The van der Waals surface area contributed by atoms with Gasteiger partial charge in [-0.25, -0.2) is 19.4 Å². The number of anilines is 4. The van der Waals surface area contributed by atoms with Crippen LogP contribution in [0, 0.1) is 6.92 Å². The van der Waals surface area contributed by atoms with Crippen molar-refractivity contribution < 1.29 is 4.79 Å². The van der Waals surface area contributed by atoms with Crippen molar-refractivity contribution in [3.05, 3.63) is 115 Å². The van der Waals surface area contributed by atoms with E-state index in [2.05, 4.69) is 51.7 Å². The average molecular weight is 569 g/mol. The molecule has 9 heteroatoms. The number of fused-ring (bicyclic) bond motifs is 1. The zero-order chi connectivity index (χ0) is 30.0. The van der Waals surface area contributed by atoms with Crippen LogP contribution >= 0.6 is 0 Å². The zero-order valence-electron chi connectivity index (χ0n) is 24.5. The van der Waals surface area contributed by atoms with E-state index in [1.165, 1.54) is 0 Å². The summed E-state index contributed by atoms with van der Waals surface area (Å²) in [6.07, 6.45) is 7.00. The van der Waals surface area contributed by atoms with Crippen LogP contribution in [0.15, 0.2) is 104 Å². The van der Waals surface area contributed by atoms with Crippen LogP contribution in [0.25, 0.3) is 27.6 Å². The molecule has 9 nitrogen and oxygen atoms in total. The van der Waals surface area contributed by atoms with E-state index < -0.39 is 0 Å². The molecule has 3 N–H and O–H groups in total. The number of aryl methyl sites for hydroxylation is 1. The lowest BCUT2D eigenvalue weighted by Gasteiger charge is -2.14. The molecular formula is C34H32N8O. The van der Waals surface area contributed by atoms with Crippen LogP contribution in [0.1, 0.15) is 32.0 Å². The predicted octanol–water partition coefficient (Wildman–Crippen LogP) is 7.87. The van der Waals surface area contributed by atoms with Crippen LogP contribution in [-0.2, 0) is 5.41 Å². The van der Waals surface area contributed by atoms with E-state index in [1.54, 1.807) is 29.5 Å². The van der Waals surface area contributed by atoms with Crippen LogP contribution < -0.4 is 16.0 Å². The topological polar surface area (TPSA) is 110 Å². The minimum absolute atomic E-state index is 0.189. The van der Waals surface area contributed by atoms with Crippen LogP contribution in [-0.4, -0.2) is 30.8 Å². The molecule has 2 amide bonds. The normalized spacial score (nSPS) is 11.3. The van der Waals surface area contributed by atoms with Gasteiger partial charge in [-0.05, 0) is 48.2 Å². The lowest BCUT2D eigenvalue weighted by molar-refractivity contribution is 0.262. The predicted molar refractivity (Wildman–Crippen MR) is 172 cm³/mol. The number of aromatic nitrogens is 5. The highest BCUT2D eigenvalue weighted by molar-refractivity contribution is 6.09. The number of rotatable bonds is 6.